The van der Waals surface area contributed by atoms with E-state index in [2.05, 4.69) is 5.32 Å². The Morgan fingerprint density at radius 2 is 1.96 bits per heavy atom. The number of non-ortho nitro benzene ring substituents is 1. The van der Waals surface area contributed by atoms with Gasteiger partial charge in [-0.2, -0.15) is 0 Å². The molecule has 1 heterocycles. The van der Waals surface area contributed by atoms with Crippen molar-refractivity contribution in [2.24, 2.45) is 5.92 Å². The van der Waals surface area contributed by atoms with Crippen LogP contribution in [0.1, 0.15) is 12.8 Å². The number of nitro groups is 1. The molecule has 0 atom stereocenters. The van der Waals surface area contributed by atoms with E-state index < -0.39 is 16.6 Å². The molecule has 1 aromatic rings. The molecule has 0 aromatic heterocycles. The normalized spacial score (nSPS) is 15.0. The van der Waals surface area contributed by atoms with Crippen LogP contribution in [-0.4, -0.2) is 53.8 Å². The number of piperidine rings is 1. The van der Waals surface area contributed by atoms with Crippen molar-refractivity contribution in [1.82, 2.24) is 9.80 Å². The van der Waals surface area contributed by atoms with Crippen LogP contribution < -0.4 is 5.32 Å². The molecular formula is C15H19FN4O4. The van der Waals surface area contributed by atoms with Gasteiger partial charge in [0.2, 0.25) is 5.91 Å². The molecule has 24 heavy (non-hydrogen) atoms. The average Bonchev–Trinajstić information content (AvgIpc) is 2.55. The van der Waals surface area contributed by atoms with Crippen LogP contribution in [0.15, 0.2) is 18.2 Å². The second-order valence-electron chi connectivity index (χ2n) is 5.85. The van der Waals surface area contributed by atoms with Gasteiger partial charge in [-0.3, -0.25) is 14.9 Å². The standard InChI is InChI=1S/C15H19FN4O4/c1-18(2)15(22)19-7-5-10(6-8-19)14(21)17-13-9-11(20(23)24)3-4-12(13)16/h3-4,9-10H,5-8H2,1-2H3,(H,17,21). The number of nitrogens with zero attached hydrogens (tertiary/aromatic N) is 3. The van der Waals surface area contributed by atoms with Crippen molar-refractivity contribution in [3.63, 3.8) is 0 Å². The Morgan fingerprint density at radius 3 is 2.50 bits per heavy atom. The van der Waals surface area contributed by atoms with Crippen molar-refractivity contribution >= 4 is 23.3 Å². The van der Waals surface area contributed by atoms with Crippen LogP contribution >= 0.6 is 0 Å². The van der Waals surface area contributed by atoms with Gasteiger partial charge >= 0.3 is 6.03 Å². The Balaban J connectivity index is 1.98. The van der Waals surface area contributed by atoms with Crippen LogP contribution in [0.5, 0.6) is 0 Å². The van der Waals surface area contributed by atoms with Crippen LogP contribution in [0.4, 0.5) is 20.6 Å². The van der Waals surface area contributed by atoms with E-state index in [4.69, 9.17) is 0 Å². The van der Waals surface area contributed by atoms with Crippen molar-refractivity contribution in [3.05, 3.63) is 34.1 Å². The fourth-order valence-electron chi connectivity index (χ4n) is 2.57. The average molecular weight is 338 g/mol. The molecule has 1 aliphatic rings. The lowest BCUT2D eigenvalue weighted by Crippen LogP contribution is -2.45. The molecule has 0 unspecified atom stereocenters. The summed E-state index contributed by atoms with van der Waals surface area (Å²) in [6, 6.07) is 2.87. The molecule has 1 fully saturated rings. The Hall–Kier alpha value is -2.71. The molecule has 2 rings (SSSR count). The first-order valence-electron chi connectivity index (χ1n) is 7.50. The first kappa shape index (κ1) is 17.6. The number of carbonyl (C=O) groups excluding carboxylic acids is 2. The summed E-state index contributed by atoms with van der Waals surface area (Å²) in [5, 5.41) is 13.1. The summed E-state index contributed by atoms with van der Waals surface area (Å²) in [6.45, 7) is 0.874. The first-order chi connectivity index (χ1) is 11.3. The summed E-state index contributed by atoms with van der Waals surface area (Å²) in [5.74, 6) is -1.49. The van der Waals surface area contributed by atoms with Gasteiger partial charge in [0.05, 0.1) is 10.6 Å². The molecule has 0 bridgehead atoms. The second-order valence-corrected chi connectivity index (χ2v) is 5.85. The maximum absolute atomic E-state index is 13.7. The van der Waals surface area contributed by atoms with E-state index in [1.807, 2.05) is 0 Å². The topological polar surface area (TPSA) is 95.8 Å². The zero-order valence-electron chi connectivity index (χ0n) is 13.5. The summed E-state index contributed by atoms with van der Waals surface area (Å²) in [7, 11) is 3.32. The van der Waals surface area contributed by atoms with E-state index in [0.717, 1.165) is 18.2 Å². The molecular weight excluding hydrogens is 319 g/mol. The number of nitro benzene ring substituents is 1. The molecule has 0 aliphatic carbocycles. The predicted octanol–water partition coefficient (Wildman–Crippen LogP) is 2.07. The highest BCUT2D eigenvalue weighted by Crippen LogP contribution is 2.24. The van der Waals surface area contributed by atoms with E-state index in [1.54, 1.807) is 19.0 Å². The number of anilines is 1. The molecule has 1 aromatic carbocycles. The van der Waals surface area contributed by atoms with Gasteiger partial charge in [0.25, 0.3) is 5.69 Å². The lowest BCUT2D eigenvalue weighted by molar-refractivity contribution is -0.384. The third-order valence-corrected chi connectivity index (χ3v) is 3.94. The Labute approximate surface area is 138 Å². The van der Waals surface area contributed by atoms with Crippen molar-refractivity contribution in [2.45, 2.75) is 12.8 Å². The Bertz CT molecular complexity index is 657. The minimum atomic E-state index is -0.728. The van der Waals surface area contributed by atoms with Crippen molar-refractivity contribution in [1.29, 1.82) is 0 Å². The zero-order chi connectivity index (χ0) is 17.9. The highest BCUT2D eigenvalue weighted by atomic mass is 19.1. The summed E-state index contributed by atoms with van der Waals surface area (Å²) in [6.07, 6.45) is 0.921. The van der Waals surface area contributed by atoms with Crippen LogP contribution in [-0.2, 0) is 4.79 Å². The first-order valence-corrected chi connectivity index (χ1v) is 7.50. The monoisotopic (exact) mass is 338 g/mol. The molecule has 1 N–H and O–H groups in total. The number of halogens is 1. The highest BCUT2D eigenvalue weighted by molar-refractivity contribution is 5.93. The molecule has 1 aliphatic heterocycles. The number of amides is 3. The number of rotatable bonds is 3. The van der Waals surface area contributed by atoms with Crippen LogP contribution in [0.25, 0.3) is 0 Å². The maximum Gasteiger partial charge on any atom is 0.319 e. The number of benzene rings is 1. The van der Waals surface area contributed by atoms with E-state index >= 15 is 0 Å². The summed E-state index contributed by atoms with van der Waals surface area (Å²) in [5.41, 5.74) is -0.501. The van der Waals surface area contributed by atoms with Crippen LogP contribution in [0, 0.1) is 21.8 Å². The van der Waals surface area contributed by atoms with Crippen molar-refractivity contribution in [2.75, 3.05) is 32.5 Å². The third-order valence-electron chi connectivity index (χ3n) is 3.94. The van der Waals surface area contributed by atoms with Gasteiger partial charge in [0.1, 0.15) is 5.82 Å². The summed E-state index contributed by atoms with van der Waals surface area (Å²) < 4.78 is 13.7. The molecule has 1 saturated heterocycles. The zero-order valence-corrected chi connectivity index (χ0v) is 13.5. The Morgan fingerprint density at radius 1 is 1.33 bits per heavy atom. The molecule has 8 nitrogen and oxygen atoms in total. The minimum Gasteiger partial charge on any atom is -0.331 e. The summed E-state index contributed by atoms with van der Waals surface area (Å²) >= 11 is 0. The number of nitrogens with one attached hydrogen (secondary N) is 1. The van der Waals surface area contributed by atoms with E-state index in [1.165, 1.54) is 4.90 Å². The van der Waals surface area contributed by atoms with Gasteiger partial charge in [-0.1, -0.05) is 0 Å². The smallest absolute Gasteiger partial charge is 0.319 e. The number of hydrogen-bond donors (Lipinski definition) is 1. The second kappa shape index (κ2) is 7.24. The predicted molar refractivity (Wildman–Crippen MR) is 85.1 cm³/mol. The highest BCUT2D eigenvalue weighted by Gasteiger charge is 2.28. The van der Waals surface area contributed by atoms with E-state index in [0.29, 0.717) is 25.9 Å². The molecule has 0 radical (unpaired) electrons. The quantitative estimate of drug-likeness (QED) is 0.674. The lowest BCUT2D eigenvalue weighted by atomic mass is 9.96. The van der Waals surface area contributed by atoms with Crippen molar-refractivity contribution in [3.8, 4) is 0 Å². The number of hydrogen-bond acceptors (Lipinski definition) is 4. The van der Waals surface area contributed by atoms with Crippen LogP contribution in [0.3, 0.4) is 0 Å². The molecule has 9 heteroatoms. The van der Waals surface area contributed by atoms with Crippen molar-refractivity contribution < 1.29 is 18.9 Å². The van der Waals surface area contributed by atoms with E-state index in [9.17, 15) is 24.1 Å². The number of urea groups is 1. The van der Waals surface area contributed by atoms with Gasteiger partial charge in [0, 0.05) is 45.2 Å². The van der Waals surface area contributed by atoms with Gasteiger partial charge in [-0.05, 0) is 18.9 Å². The largest absolute Gasteiger partial charge is 0.331 e. The van der Waals surface area contributed by atoms with Gasteiger partial charge in [-0.25, -0.2) is 9.18 Å². The third kappa shape index (κ3) is 3.98. The molecule has 0 spiro atoms. The lowest BCUT2D eigenvalue weighted by Gasteiger charge is -2.33. The van der Waals surface area contributed by atoms with Gasteiger partial charge < -0.3 is 15.1 Å². The van der Waals surface area contributed by atoms with Crippen LogP contribution in [0.2, 0.25) is 0 Å². The van der Waals surface area contributed by atoms with E-state index in [-0.39, 0.29) is 23.3 Å². The fraction of sp³-hybridized carbons (Fsp3) is 0.467. The molecule has 0 saturated carbocycles. The summed E-state index contributed by atoms with van der Waals surface area (Å²) in [4.78, 5) is 37.3. The number of carbonyl (C=O) groups is 2. The minimum absolute atomic E-state index is 0.112. The Kier molecular flexibility index (Phi) is 5.32. The molecule has 3 amide bonds. The number of likely N-dealkylation sites (tertiary alicyclic amines) is 1. The molecule has 130 valence electrons. The van der Waals surface area contributed by atoms with Gasteiger partial charge in [0.15, 0.2) is 0 Å². The SMILES string of the molecule is CN(C)C(=O)N1CCC(C(=O)Nc2cc([N+](=O)[O-])ccc2F)CC1. The maximum atomic E-state index is 13.7. The fourth-order valence-corrected chi connectivity index (χ4v) is 2.57. The van der Waals surface area contributed by atoms with Gasteiger partial charge in [-0.15, -0.1) is 0 Å².